The minimum atomic E-state index is -0.239. The van der Waals surface area contributed by atoms with Gasteiger partial charge in [0.05, 0.1) is 19.4 Å². The van der Waals surface area contributed by atoms with Crippen molar-refractivity contribution in [2.45, 2.75) is 0 Å². The van der Waals surface area contributed by atoms with Gasteiger partial charge in [0.15, 0.2) is 5.82 Å². The first-order chi connectivity index (χ1) is 15.1. The third-order valence-corrected chi connectivity index (χ3v) is 4.82. The summed E-state index contributed by atoms with van der Waals surface area (Å²) in [6.07, 6.45) is 1.65. The smallest absolute Gasteiger partial charge is 0.255 e. The molecule has 1 aliphatic rings. The molecule has 4 rings (SSSR count). The topological polar surface area (TPSA) is 79.8 Å². The number of carbonyl (C=O) groups excluding carboxylic acids is 1. The highest BCUT2D eigenvalue weighted by Gasteiger charge is 2.18. The molecule has 1 fully saturated rings. The number of morpholine rings is 1. The molecule has 8 heteroatoms. The second-order valence-corrected chi connectivity index (χ2v) is 7.29. The Morgan fingerprint density at radius 2 is 1.71 bits per heavy atom. The Balaban J connectivity index is 1.47. The summed E-state index contributed by atoms with van der Waals surface area (Å²) < 4.78 is 11.2. The van der Waals surface area contributed by atoms with Crippen molar-refractivity contribution in [1.82, 2.24) is 9.97 Å². The molecule has 2 aromatic carbocycles. The molecule has 0 bridgehead atoms. The lowest BCUT2D eigenvalue weighted by molar-refractivity contribution is 0.102. The molecule has 0 saturated carbocycles. The Morgan fingerprint density at radius 3 is 2.39 bits per heavy atom. The molecule has 1 N–H and O–H groups in total. The van der Waals surface area contributed by atoms with Gasteiger partial charge in [-0.15, -0.1) is 0 Å². The zero-order valence-electron chi connectivity index (χ0n) is 17.6. The Morgan fingerprint density at radius 1 is 1.03 bits per heavy atom. The van der Waals surface area contributed by atoms with Crippen LogP contribution in [0.2, 0.25) is 0 Å². The lowest BCUT2D eigenvalue weighted by Gasteiger charge is -2.28. The number of amides is 1. The summed E-state index contributed by atoms with van der Waals surface area (Å²) in [7, 11) is 3.77. The van der Waals surface area contributed by atoms with Gasteiger partial charge in [-0.3, -0.25) is 4.79 Å². The molecule has 1 aromatic heterocycles. The first-order valence-electron chi connectivity index (χ1n) is 10.1. The zero-order chi connectivity index (χ0) is 21.6. The maximum atomic E-state index is 12.8. The lowest BCUT2D eigenvalue weighted by atomic mass is 10.2. The van der Waals surface area contributed by atoms with E-state index in [1.807, 2.05) is 49.3 Å². The van der Waals surface area contributed by atoms with E-state index >= 15 is 0 Å². The normalized spacial score (nSPS) is 13.5. The molecule has 2 heterocycles. The number of para-hydroxylation sites is 1. The third-order valence-electron chi connectivity index (χ3n) is 4.82. The van der Waals surface area contributed by atoms with Crippen LogP contribution in [0.1, 0.15) is 10.4 Å². The number of hydrogen-bond donors (Lipinski definition) is 1. The molecule has 0 spiro atoms. The van der Waals surface area contributed by atoms with Crippen LogP contribution in [0.3, 0.4) is 0 Å². The average molecular weight is 419 g/mol. The first kappa shape index (κ1) is 20.6. The van der Waals surface area contributed by atoms with E-state index in [1.165, 1.54) is 0 Å². The van der Waals surface area contributed by atoms with Crippen LogP contribution in [0.25, 0.3) is 0 Å². The standard InChI is InChI=1S/C23H25N5O3/c1-27(2)21-20(16-24-23(26-21)28-12-14-30-15-13-28)25-22(29)17-8-10-19(11-9-17)31-18-6-4-3-5-7-18/h3-11,16H,12-15H2,1-2H3,(H,25,29). The van der Waals surface area contributed by atoms with Gasteiger partial charge in [-0.2, -0.15) is 4.98 Å². The molecule has 3 aromatic rings. The first-order valence-corrected chi connectivity index (χ1v) is 10.1. The van der Waals surface area contributed by atoms with Gasteiger partial charge < -0.3 is 24.6 Å². The molecule has 160 valence electrons. The van der Waals surface area contributed by atoms with Crippen LogP contribution in [-0.4, -0.2) is 56.3 Å². The van der Waals surface area contributed by atoms with E-state index in [0.29, 0.717) is 42.0 Å². The van der Waals surface area contributed by atoms with E-state index in [2.05, 4.69) is 20.2 Å². The van der Waals surface area contributed by atoms with E-state index < -0.39 is 0 Å². The molecule has 31 heavy (non-hydrogen) atoms. The Bertz CT molecular complexity index is 1020. The summed E-state index contributed by atoms with van der Waals surface area (Å²) in [5.41, 5.74) is 1.07. The number of anilines is 3. The molecular formula is C23H25N5O3. The fourth-order valence-electron chi connectivity index (χ4n) is 3.20. The summed E-state index contributed by atoms with van der Waals surface area (Å²) in [4.78, 5) is 25.8. The maximum Gasteiger partial charge on any atom is 0.255 e. The van der Waals surface area contributed by atoms with Crippen molar-refractivity contribution >= 4 is 23.4 Å². The molecule has 1 aliphatic heterocycles. The Kier molecular flexibility index (Phi) is 6.28. The molecular weight excluding hydrogens is 394 g/mol. The number of nitrogens with zero attached hydrogens (tertiary/aromatic N) is 4. The summed E-state index contributed by atoms with van der Waals surface area (Å²) in [5.74, 6) is 2.45. The van der Waals surface area contributed by atoms with Gasteiger partial charge in [0.25, 0.3) is 5.91 Å². The van der Waals surface area contributed by atoms with E-state index in [1.54, 1.807) is 30.5 Å². The van der Waals surface area contributed by atoms with Gasteiger partial charge >= 0.3 is 0 Å². The van der Waals surface area contributed by atoms with E-state index in [0.717, 1.165) is 18.8 Å². The number of ether oxygens (including phenoxy) is 2. The number of aromatic nitrogens is 2. The van der Waals surface area contributed by atoms with Gasteiger partial charge in [0.2, 0.25) is 5.95 Å². The average Bonchev–Trinajstić information content (AvgIpc) is 2.81. The minimum Gasteiger partial charge on any atom is -0.457 e. The highest BCUT2D eigenvalue weighted by molar-refractivity contribution is 6.05. The molecule has 0 unspecified atom stereocenters. The van der Waals surface area contributed by atoms with Gasteiger partial charge in [-0.1, -0.05) is 18.2 Å². The van der Waals surface area contributed by atoms with Crippen LogP contribution in [0.5, 0.6) is 11.5 Å². The number of rotatable bonds is 6. The van der Waals surface area contributed by atoms with Gasteiger partial charge in [-0.05, 0) is 36.4 Å². The quantitative estimate of drug-likeness (QED) is 0.656. The predicted octanol–water partition coefficient (Wildman–Crippen LogP) is 3.42. The summed E-state index contributed by atoms with van der Waals surface area (Å²) in [5, 5.41) is 2.92. The number of benzene rings is 2. The van der Waals surface area contributed by atoms with Crippen molar-refractivity contribution < 1.29 is 14.3 Å². The molecule has 0 atom stereocenters. The number of hydrogen-bond acceptors (Lipinski definition) is 7. The van der Waals surface area contributed by atoms with Crippen LogP contribution in [0.15, 0.2) is 60.8 Å². The molecule has 1 saturated heterocycles. The molecule has 8 nitrogen and oxygen atoms in total. The summed E-state index contributed by atoms with van der Waals surface area (Å²) in [6, 6.07) is 16.5. The van der Waals surface area contributed by atoms with Crippen LogP contribution >= 0.6 is 0 Å². The van der Waals surface area contributed by atoms with Gasteiger partial charge in [0, 0.05) is 32.7 Å². The minimum absolute atomic E-state index is 0.239. The number of carbonyl (C=O) groups is 1. The fraction of sp³-hybridized carbons (Fsp3) is 0.261. The van der Waals surface area contributed by atoms with Crippen molar-refractivity contribution in [1.29, 1.82) is 0 Å². The van der Waals surface area contributed by atoms with Gasteiger partial charge in [0.1, 0.15) is 17.2 Å². The van der Waals surface area contributed by atoms with Crippen LogP contribution in [0.4, 0.5) is 17.5 Å². The largest absolute Gasteiger partial charge is 0.457 e. The number of nitrogens with one attached hydrogen (secondary N) is 1. The van der Waals surface area contributed by atoms with E-state index in [9.17, 15) is 4.79 Å². The highest BCUT2D eigenvalue weighted by atomic mass is 16.5. The third kappa shape index (κ3) is 5.10. The van der Waals surface area contributed by atoms with Crippen molar-refractivity contribution in [2.75, 3.05) is 55.5 Å². The van der Waals surface area contributed by atoms with Crippen molar-refractivity contribution in [2.24, 2.45) is 0 Å². The van der Waals surface area contributed by atoms with Gasteiger partial charge in [-0.25, -0.2) is 4.98 Å². The zero-order valence-corrected chi connectivity index (χ0v) is 17.6. The van der Waals surface area contributed by atoms with Crippen molar-refractivity contribution in [3.8, 4) is 11.5 Å². The van der Waals surface area contributed by atoms with E-state index in [-0.39, 0.29) is 5.91 Å². The summed E-state index contributed by atoms with van der Waals surface area (Å²) >= 11 is 0. The fourth-order valence-corrected chi connectivity index (χ4v) is 3.20. The van der Waals surface area contributed by atoms with Crippen molar-refractivity contribution in [3.05, 3.63) is 66.4 Å². The van der Waals surface area contributed by atoms with Crippen LogP contribution in [0, 0.1) is 0 Å². The second kappa shape index (κ2) is 9.44. The van der Waals surface area contributed by atoms with Crippen LogP contribution in [-0.2, 0) is 4.74 Å². The highest BCUT2D eigenvalue weighted by Crippen LogP contribution is 2.26. The maximum absolute atomic E-state index is 12.8. The summed E-state index contributed by atoms with van der Waals surface area (Å²) in [6.45, 7) is 2.80. The molecule has 1 amide bonds. The lowest BCUT2D eigenvalue weighted by Crippen LogP contribution is -2.37. The van der Waals surface area contributed by atoms with E-state index in [4.69, 9.17) is 9.47 Å². The SMILES string of the molecule is CN(C)c1nc(N2CCOCC2)ncc1NC(=O)c1ccc(Oc2ccccc2)cc1. The Labute approximate surface area is 181 Å². The van der Waals surface area contributed by atoms with Crippen molar-refractivity contribution in [3.63, 3.8) is 0 Å². The Hall–Kier alpha value is -3.65. The molecule has 0 radical (unpaired) electrons. The predicted molar refractivity (Wildman–Crippen MR) is 120 cm³/mol. The second-order valence-electron chi connectivity index (χ2n) is 7.29. The molecule has 0 aliphatic carbocycles. The monoisotopic (exact) mass is 419 g/mol. The van der Waals surface area contributed by atoms with Crippen LogP contribution < -0.4 is 19.9 Å².